The number of carbonyl (C=O) groups excluding carboxylic acids is 1. The number of carboxylic acids is 1. The van der Waals surface area contributed by atoms with E-state index in [1.165, 1.54) is 5.56 Å². The molecule has 0 spiro atoms. The van der Waals surface area contributed by atoms with Gasteiger partial charge in [-0.3, -0.25) is 9.59 Å². The summed E-state index contributed by atoms with van der Waals surface area (Å²) in [6, 6.07) is 5.80. The van der Waals surface area contributed by atoms with Crippen molar-refractivity contribution < 1.29 is 19.4 Å². The highest BCUT2D eigenvalue weighted by Gasteiger charge is 2.30. The number of aryl methyl sites for hydroxylation is 2. The van der Waals surface area contributed by atoms with E-state index in [0.717, 1.165) is 29.3 Å². The molecular weight excluding hydrogens is 320 g/mol. The zero-order valence-corrected chi connectivity index (χ0v) is 14.6. The number of carbonyl (C=O) groups is 2. The van der Waals surface area contributed by atoms with Crippen LogP contribution in [0.2, 0.25) is 0 Å². The van der Waals surface area contributed by atoms with Crippen molar-refractivity contribution in [1.29, 1.82) is 0 Å². The minimum atomic E-state index is -0.865. The Morgan fingerprint density at radius 1 is 1.32 bits per heavy atom. The zero-order chi connectivity index (χ0) is 18.0. The van der Waals surface area contributed by atoms with Crippen LogP contribution in [0.15, 0.2) is 18.2 Å². The fourth-order valence-electron chi connectivity index (χ4n) is 3.45. The molecular formula is C19H24N2O4. The van der Waals surface area contributed by atoms with Crippen molar-refractivity contribution in [2.24, 2.45) is 11.8 Å². The van der Waals surface area contributed by atoms with Crippen molar-refractivity contribution in [3.05, 3.63) is 35.0 Å². The number of nitrogens with one attached hydrogen (secondary N) is 2. The first-order chi connectivity index (χ1) is 12.0. The standard InChI is InChI=1S/C19H24N2O4/c1-11-3-4-16-14(12(11)2)9-17(21-16)18(22)20-10-15(19(23)24)13-5-7-25-8-6-13/h3-4,9,13,15,21H,5-8,10H2,1-2H3,(H,20,22)(H,23,24). The van der Waals surface area contributed by atoms with Crippen molar-refractivity contribution in [3.8, 4) is 0 Å². The Kier molecular flexibility index (Phi) is 5.08. The number of ether oxygens (including phenoxy) is 1. The molecule has 1 aromatic carbocycles. The number of benzene rings is 1. The fourth-order valence-corrected chi connectivity index (χ4v) is 3.45. The summed E-state index contributed by atoms with van der Waals surface area (Å²) in [6.07, 6.45) is 1.44. The largest absolute Gasteiger partial charge is 0.481 e. The van der Waals surface area contributed by atoms with Crippen LogP contribution in [0, 0.1) is 25.7 Å². The normalized spacial score (nSPS) is 16.7. The molecule has 2 aromatic rings. The predicted molar refractivity (Wildman–Crippen MR) is 94.8 cm³/mol. The molecule has 1 aliphatic rings. The third-order valence-corrected chi connectivity index (χ3v) is 5.22. The van der Waals surface area contributed by atoms with Crippen LogP contribution in [-0.2, 0) is 9.53 Å². The highest BCUT2D eigenvalue weighted by Crippen LogP contribution is 2.25. The number of H-pyrrole nitrogens is 1. The van der Waals surface area contributed by atoms with Gasteiger partial charge in [-0.15, -0.1) is 0 Å². The molecule has 3 rings (SSSR count). The summed E-state index contributed by atoms with van der Waals surface area (Å²) in [7, 11) is 0. The third kappa shape index (κ3) is 3.69. The average Bonchev–Trinajstić information content (AvgIpc) is 3.04. The van der Waals surface area contributed by atoms with Gasteiger partial charge in [-0.2, -0.15) is 0 Å². The van der Waals surface area contributed by atoms with E-state index in [2.05, 4.69) is 10.3 Å². The maximum Gasteiger partial charge on any atom is 0.308 e. The van der Waals surface area contributed by atoms with Gasteiger partial charge in [0.1, 0.15) is 5.69 Å². The molecule has 1 saturated heterocycles. The molecule has 2 heterocycles. The fraction of sp³-hybridized carbons (Fsp3) is 0.474. The Labute approximate surface area is 146 Å². The minimum absolute atomic E-state index is 0.0409. The molecule has 1 aromatic heterocycles. The first kappa shape index (κ1) is 17.5. The summed E-state index contributed by atoms with van der Waals surface area (Å²) in [5.74, 6) is -1.68. The maximum absolute atomic E-state index is 12.5. The van der Waals surface area contributed by atoms with E-state index in [0.29, 0.717) is 18.9 Å². The van der Waals surface area contributed by atoms with Crippen molar-refractivity contribution in [3.63, 3.8) is 0 Å². The summed E-state index contributed by atoms with van der Waals surface area (Å²) in [5.41, 5.74) is 3.68. The summed E-state index contributed by atoms with van der Waals surface area (Å²) >= 11 is 0. The van der Waals surface area contributed by atoms with E-state index in [9.17, 15) is 14.7 Å². The van der Waals surface area contributed by atoms with Crippen LogP contribution in [0.3, 0.4) is 0 Å². The molecule has 6 heteroatoms. The Hall–Kier alpha value is -2.34. The van der Waals surface area contributed by atoms with Gasteiger partial charge in [-0.05, 0) is 55.9 Å². The van der Waals surface area contributed by atoms with E-state index >= 15 is 0 Å². The number of hydrogen-bond donors (Lipinski definition) is 3. The average molecular weight is 344 g/mol. The quantitative estimate of drug-likeness (QED) is 0.777. The Morgan fingerprint density at radius 3 is 2.72 bits per heavy atom. The maximum atomic E-state index is 12.5. The lowest BCUT2D eigenvalue weighted by Gasteiger charge is -2.27. The van der Waals surface area contributed by atoms with Gasteiger partial charge in [0.25, 0.3) is 5.91 Å². The third-order valence-electron chi connectivity index (χ3n) is 5.22. The number of aromatic amines is 1. The molecule has 6 nitrogen and oxygen atoms in total. The topological polar surface area (TPSA) is 91.4 Å². The smallest absolute Gasteiger partial charge is 0.308 e. The second kappa shape index (κ2) is 7.27. The van der Waals surface area contributed by atoms with Crippen molar-refractivity contribution in [2.45, 2.75) is 26.7 Å². The zero-order valence-electron chi connectivity index (χ0n) is 14.6. The van der Waals surface area contributed by atoms with Gasteiger partial charge >= 0.3 is 5.97 Å². The molecule has 25 heavy (non-hydrogen) atoms. The Balaban J connectivity index is 1.70. The number of aromatic nitrogens is 1. The van der Waals surface area contributed by atoms with Crippen LogP contribution in [-0.4, -0.2) is 41.7 Å². The number of amides is 1. The molecule has 134 valence electrons. The van der Waals surface area contributed by atoms with Crippen LogP contribution in [0.4, 0.5) is 0 Å². The number of rotatable bonds is 5. The van der Waals surface area contributed by atoms with Gasteiger partial charge < -0.3 is 20.1 Å². The van der Waals surface area contributed by atoms with Crippen LogP contribution < -0.4 is 5.32 Å². The van der Waals surface area contributed by atoms with Crippen molar-refractivity contribution in [1.82, 2.24) is 10.3 Å². The highest BCUT2D eigenvalue weighted by molar-refractivity contribution is 5.99. The van der Waals surface area contributed by atoms with E-state index in [-0.39, 0.29) is 18.4 Å². The second-order valence-corrected chi connectivity index (χ2v) is 6.76. The van der Waals surface area contributed by atoms with Crippen LogP contribution in [0.1, 0.15) is 34.5 Å². The molecule has 1 unspecified atom stereocenters. The number of carboxylic acid groups (broad SMARTS) is 1. The summed E-state index contributed by atoms with van der Waals surface area (Å²) in [5, 5.41) is 13.3. The van der Waals surface area contributed by atoms with E-state index in [1.54, 1.807) is 0 Å². The van der Waals surface area contributed by atoms with Gasteiger partial charge in [0.15, 0.2) is 0 Å². The highest BCUT2D eigenvalue weighted by atomic mass is 16.5. The summed E-state index contributed by atoms with van der Waals surface area (Å²) < 4.78 is 5.29. The molecule has 1 atom stereocenters. The SMILES string of the molecule is Cc1ccc2[nH]c(C(=O)NCC(C(=O)O)C3CCOCC3)cc2c1C. The van der Waals surface area contributed by atoms with Gasteiger partial charge in [-0.25, -0.2) is 0 Å². The van der Waals surface area contributed by atoms with Crippen molar-refractivity contribution >= 4 is 22.8 Å². The lowest BCUT2D eigenvalue weighted by Crippen LogP contribution is -2.39. The van der Waals surface area contributed by atoms with Crippen LogP contribution in [0.25, 0.3) is 10.9 Å². The minimum Gasteiger partial charge on any atom is -0.481 e. The predicted octanol–water partition coefficient (Wildman–Crippen LogP) is 2.64. The van der Waals surface area contributed by atoms with Gasteiger partial charge in [0.05, 0.1) is 5.92 Å². The monoisotopic (exact) mass is 344 g/mol. The Bertz CT molecular complexity index is 790. The lowest BCUT2D eigenvalue weighted by molar-refractivity contribution is -0.144. The van der Waals surface area contributed by atoms with E-state index in [1.807, 2.05) is 32.0 Å². The summed E-state index contributed by atoms with van der Waals surface area (Å²) in [6.45, 7) is 5.37. The molecule has 0 saturated carbocycles. The molecule has 1 aliphatic heterocycles. The van der Waals surface area contributed by atoms with Crippen LogP contribution in [0.5, 0.6) is 0 Å². The molecule has 1 fully saturated rings. The van der Waals surface area contributed by atoms with Crippen LogP contribution >= 0.6 is 0 Å². The Morgan fingerprint density at radius 2 is 2.04 bits per heavy atom. The molecule has 0 radical (unpaired) electrons. The molecule has 3 N–H and O–H groups in total. The number of aliphatic carboxylic acids is 1. The first-order valence-electron chi connectivity index (χ1n) is 8.65. The van der Waals surface area contributed by atoms with Gasteiger partial charge in [0, 0.05) is 30.7 Å². The number of fused-ring (bicyclic) bond motifs is 1. The van der Waals surface area contributed by atoms with Crippen molar-refractivity contribution in [2.75, 3.05) is 19.8 Å². The van der Waals surface area contributed by atoms with E-state index < -0.39 is 11.9 Å². The van der Waals surface area contributed by atoms with E-state index in [4.69, 9.17) is 4.74 Å². The molecule has 1 amide bonds. The van der Waals surface area contributed by atoms with Gasteiger partial charge in [-0.1, -0.05) is 6.07 Å². The molecule has 0 bridgehead atoms. The molecule has 0 aliphatic carbocycles. The first-order valence-corrected chi connectivity index (χ1v) is 8.65. The second-order valence-electron chi connectivity index (χ2n) is 6.76. The lowest BCUT2D eigenvalue weighted by atomic mass is 9.86. The summed E-state index contributed by atoms with van der Waals surface area (Å²) in [4.78, 5) is 27.1. The van der Waals surface area contributed by atoms with Gasteiger partial charge in [0.2, 0.25) is 0 Å². The number of hydrogen-bond acceptors (Lipinski definition) is 3.